The van der Waals surface area contributed by atoms with Crippen LogP contribution in [0, 0.1) is 0 Å². The van der Waals surface area contributed by atoms with Crippen LogP contribution in [-0.2, 0) is 0 Å². The summed E-state index contributed by atoms with van der Waals surface area (Å²) in [6.45, 7) is 0.395. The topological polar surface area (TPSA) is 68.3 Å². The Morgan fingerprint density at radius 3 is 2.86 bits per heavy atom. The van der Waals surface area contributed by atoms with Crippen molar-refractivity contribution in [1.29, 1.82) is 0 Å². The van der Waals surface area contributed by atoms with Crippen molar-refractivity contribution in [3.63, 3.8) is 0 Å². The molecule has 0 saturated carbocycles. The first kappa shape index (κ1) is 11.0. The highest BCUT2D eigenvalue weighted by molar-refractivity contribution is 7.80. The molecule has 0 aliphatic heterocycles. The van der Waals surface area contributed by atoms with Gasteiger partial charge in [-0.3, -0.25) is 4.79 Å². The average molecular weight is 233 g/mol. The summed E-state index contributed by atoms with van der Waals surface area (Å²) in [7, 11) is 0. The summed E-state index contributed by atoms with van der Waals surface area (Å²) in [5, 5.41) is 2.77. The van der Waals surface area contributed by atoms with Crippen LogP contribution in [0.5, 0.6) is 0 Å². The number of amides is 1. The van der Waals surface area contributed by atoms with E-state index < -0.39 is 0 Å². The largest absolute Gasteiger partial charge is 0.440 e. The van der Waals surface area contributed by atoms with Crippen LogP contribution in [0.15, 0.2) is 16.5 Å². The second-order valence-electron chi connectivity index (χ2n) is 2.58. The van der Waals surface area contributed by atoms with E-state index in [4.69, 9.17) is 21.8 Å². The molecule has 0 saturated heterocycles. The Hall–Kier alpha value is -1.07. The maximum atomic E-state index is 11.3. The zero-order chi connectivity index (χ0) is 10.6. The van der Waals surface area contributed by atoms with Gasteiger partial charge in [0.2, 0.25) is 0 Å². The quantitative estimate of drug-likeness (QED) is 0.769. The van der Waals surface area contributed by atoms with Crippen molar-refractivity contribution in [1.82, 2.24) is 5.32 Å². The molecule has 0 fully saturated rings. The van der Waals surface area contributed by atoms with Gasteiger partial charge < -0.3 is 15.5 Å². The van der Waals surface area contributed by atoms with Gasteiger partial charge in [-0.2, -0.15) is 0 Å². The number of hydrogen-bond donors (Lipinski definition) is 2. The van der Waals surface area contributed by atoms with Crippen molar-refractivity contribution in [3.05, 3.63) is 23.1 Å². The summed E-state index contributed by atoms with van der Waals surface area (Å²) in [6.07, 6.45) is 0.468. The van der Waals surface area contributed by atoms with Crippen LogP contribution in [0.1, 0.15) is 17.0 Å². The van der Waals surface area contributed by atoms with Crippen molar-refractivity contribution >= 4 is 34.7 Å². The van der Waals surface area contributed by atoms with Crippen LogP contribution in [0.4, 0.5) is 0 Å². The molecule has 0 radical (unpaired) electrons. The minimum Gasteiger partial charge on any atom is -0.440 e. The van der Waals surface area contributed by atoms with E-state index in [0.717, 1.165) is 0 Å². The molecule has 14 heavy (non-hydrogen) atoms. The van der Waals surface area contributed by atoms with E-state index in [-0.39, 0.29) is 16.9 Å². The molecule has 0 unspecified atom stereocenters. The number of nitrogens with one attached hydrogen (secondary N) is 1. The lowest BCUT2D eigenvalue weighted by atomic mass is 10.4. The molecule has 0 aliphatic rings. The summed E-state index contributed by atoms with van der Waals surface area (Å²) in [5.41, 5.74) is 5.26. The van der Waals surface area contributed by atoms with Crippen LogP contribution in [0.2, 0.25) is 5.22 Å². The molecule has 1 aromatic heterocycles. The van der Waals surface area contributed by atoms with Crippen LogP contribution in [0.3, 0.4) is 0 Å². The highest BCUT2D eigenvalue weighted by Gasteiger charge is 2.09. The Labute approximate surface area is 91.4 Å². The molecule has 3 N–H and O–H groups in total. The monoisotopic (exact) mass is 232 g/mol. The fraction of sp³-hybridized carbons (Fsp3) is 0.250. The first-order valence-corrected chi connectivity index (χ1v) is 4.70. The number of carbonyl (C=O) groups excluding carboxylic acids is 1. The molecule has 6 heteroatoms. The Morgan fingerprint density at radius 1 is 1.64 bits per heavy atom. The number of rotatable bonds is 4. The fourth-order valence-corrected chi connectivity index (χ4v) is 1.07. The Balaban J connectivity index is 2.39. The van der Waals surface area contributed by atoms with E-state index in [2.05, 4.69) is 17.5 Å². The number of furan rings is 1. The smallest absolute Gasteiger partial charge is 0.287 e. The third kappa shape index (κ3) is 3.35. The van der Waals surface area contributed by atoms with Crippen LogP contribution in [-0.4, -0.2) is 17.4 Å². The van der Waals surface area contributed by atoms with Crippen molar-refractivity contribution in [2.45, 2.75) is 6.42 Å². The molecular formula is C8H9ClN2O2S. The minimum atomic E-state index is -0.326. The Bertz CT molecular complexity index is 351. The van der Waals surface area contributed by atoms with Crippen molar-refractivity contribution in [2.75, 3.05) is 6.54 Å². The van der Waals surface area contributed by atoms with Gasteiger partial charge in [0.05, 0.1) is 4.99 Å². The predicted molar refractivity (Wildman–Crippen MR) is 57.5 cm³/mol. The van der Waals surface area contributed by atoms with Gasteiger partial charge in [0.25, 0.3) is 5.91 Å². The van der Waals surface area contributed by atoms with Gasteiger partial charge in [0.15, 0.2) is 11.0 Å². The van der Waals surface area contributed by atoms with Crippen molar-refractivity contribution in [2.24, 2.45) is 5.73 Å². The summed E-state index contributed by atoms with van der Waals surface area (Å²) >= 11 is 10.2. The van der Waals surface area contributed by atoms with E-state index in [9.17, 15) is 4.79 Å². The number of nitrogens with two attached hydrogens (primary N) is 1. The molecule has 0 bridgehead atoms. The maximum absolute atomic E-state index is 11.3. The van der Waals surface area contributed by atoms with Gasteiger partial charge in [-0.25, -0.2) is 0 Å². The molecular weight excluding hydrogens is 224 g/mol. The zero-order valence-corrected chi connectivity index (χ0v) is 8.82. The first-order chi connectivity index (χ1) is 6.59. The zero-order valence-electron chi connectivity index (χ0n) is 7.25. The molecule has 4 nitrogen and oxygen atoms in total. The van der Waals surface area contributed by atoms with Gasteiger partial charge in [-0.15, -0.1) is 0 Å². The van der Waals surface area contributed by atoms with Gasteiger partial charge in [-0.1, -0.05) is 12.2 Å². The maximum Gasteiger partial charge on any atom is 0.287 e. The van der Waals surface area contributed by atoms with Crippen LogP contribution >= 0.6 is 23.8 Å². The molecule has 1 rings (SSSR count). The molecule has 1 aromatic rings. The van der Waals surface area contributed by atoms with Gasteiger partial charge in [0.1, 0.15) is 0 Å². The lowest BCUT2D eigenvalue weighted by molar-refractivity contribution is 0.0927. The van der Waals surface area contributed by atoms with E-state index in [1.54, 1.807) is 0 Å². The molecule has 1 amide bonds. The van der Waals surface area contributed by atoms with Gasteiger partial charge in [-0.05, 0) is 23.7 Å². The van der Waals surface area contributed by atoms with E-state index >= 15 is 0 Å². The highest BCUT2D eigenvalue weighted by atomic mass is 35.5. The Morgan fingerprint density at radius 2 is 2.36 bits per heavy atom. The summed E-state index contributed by atoms with van der Waals surface area (Å²) in [5.74, 6) is -0.147. The van der Waals surface area contributed by atoms with E-state index in [0.29, 0.717) is 18.0 Å². The fourth-order valence-electron chi connectivity index (χ4n) is 0.823. The van der Waals surface area contributed by atoms with Crippen LogP contribution < -0.4 is 11.1 Å². The normalized spacial score (nSPS) is 9.79. The predicted octanol–water partition coefficient (Wildman–Crippen LogP) is 1.34. The second kappa shape index (κ2) is 4.97. The number of thiocarbonyl (C=S) groups is 1. The summed E-state index contributed by atoms with van der Waals surface area (Å²) in [6, 6.07) is 3.00. The van der Waals surface area contributed by atoms with E-state index in [1.807, 2.05) is 0 Å². The number of hydrogen-bond acceptors (Lipinski definition) is 3. The SMILES string of the molecule is NC(=S)CCNC(=O)c1ccc(Cl)o1. The Kier molecular flexibility index (Phi) is 3.91. The molecule has 0 aromatic carbocycles. The lowest BCUT2D eigenvalue weighted by Crippen LogP contribution is -2.26. The minimum absolute atomic E-state index is 0.179. The summed E-state index contributed by atoms with van der Waals surface area (Å²) < 4.78 is 4.89. The average Bonchev–Trinajstić information content (AvgIpc) is 2.51. The third-order valence-corrected chi connectivity index (χ3v) is 1.86. The van der Waals surface area contributed by atoms with Gasteiger partial charge >= 0.3 is 0 Å². The summed E-state index contributed by atoms with van der Waals surface area (Å²) in [4.78, 5) is 11.7. The lowest BCUT2D eigenvalue weighted by Gasteiger charge is -2.00. The standard InChI is InChI=1S/C8H9ClN2O2S/c9-6-2-1-5(13-6)8(12)11-4-3-7(10)14/h1-2H,3-4H2,(H2,10,14)(H,11,12). The molecule has 0 aliphatic carbocycles. The third-order valence-electron chi connectivity index (χ3n) is 1.45. The van der Waals surface area contributed by atoms with Gasteiger partial charge in [0, 0.05) is 13.0 Å². The highest BCUT2D eigenvalue weighted by Crippen LogP contribution is 2.12. The van der Waals surface area contributed by atoms with Crippen LogP contribution in [0.25, 0.3) is 0 Å². The molecule has 76 valence electrons. The molecule has 0 atom stereocenters. The molecule has 0 spiro atoms. The first-order valence-electron chi connectivity index (χ1n) is 3.91. The van der Waals surface area contributed by atoms with E-state index in [1.165, 1.54) is 12.1 Å². The number of carbonyl (C=O) groups is 1. The second-order valence-corrected chi connectivity index (χ2v) is 3.47. The van der Waals surface area contributed by atoms with Crippen molar-refractivity contribution in [3.8, 4) is 0 Å². The van der Waals surface area contributed by atoms with Crippen molar-refractivity contribution < 1.29 is 9.21 Å². The number of halogens is 1. The molecule has 1 heterocycles.